The number of anilines is 3. The maximum Gasteiger partial charge on any atom is 0.136 e. The van der Waals surface area contributed by atoms with Crippen LogP contribution in [0.25, 0.3) is 65.7 Å². The molecule has 0 amide bonds. The monoisotopic (exact) mass is 587 g/mol. The Morgan fingerprint density at radius 1 is 0.326 bits per heavy atom. The van der Waals surface area contributed by atoms with E-state index in [2.05, 4.69) is 169 Å². The van der Waals surface area contributed by atoms with Crippen molar-refractivity contribution < 1.29 is 4.42 Å². The molecule has 0 N–H and O–H groups in total. The van der Waals surface area contributed by atoms with Gasteiger partial charge in [0.15, 0.2) is 0 Å². The standard InChI is InChI=1S/C44H29NO/c1-3-9-30(10-4-1)31-17-23-37(24-18-31)45(36-11-5-2-6-12-36)38-25-19-32(20-26-38)34-21-27-39-35(29-34)16-15-33-22-28-42-44(43(33)39)40-13-7-8-14-41(40)46-42/h1-29H. The second-order valence-electron chi connectivity index (χ2n) is 11.8. The van der Waals surface area contributed by atoms with E-state index in [0.29, 0.717) is 0 Å². The Morgan fingerprint density at radius 3 is 1.61 bits per heavy atom. The Bertz CT molecular complexity index is 2490. The van der Waals surface area contributed by atoms with Crippen LogP contribution in [0.4, 0.5) is 17.1 Å². The minimum atomic E-state index is 0.926. The quantitative estimate of drug-likeness (QED) is 0.186. The number of para-hydroxylation sites is 2. The second kappa shape index (κ2) is 10.8. The van der Waals surface area contributed by atoms with E-state index in [-0.39, 0.29) is 0 Å². The summed E-state index contributed by atoms with van der Waals surface area (Å²) in [4.78, 5) is 2.31. The number of fused-ring (bicyclic) bond motifs is 7. The summed E-state index contributed by atoms with van der Waals surface area (Å²) in [5, 5.41) is 7.28. The lowest BCUT2D eigenvalue weighted by molar-refractivity contribution is 0.669. The van der Waals surface area contributed by atoms with Crippen LogP contribution in [-0.2, 0) is 0 Å². The number of hydrogen-bond acceptors (Lipinski definition) is 2. The Morgan fingerprint density at radius 2 is 0.870 bits per heavy atom. The van der Waals surface area contributed by atoms with E-state index < -0.39 is 0 Å². The van der Waals surface area contributed by atoms with Gasteiger partial charge in [-0.15, -0.1) is 0 Å². The van der Waals surface area contributed by atoms with Crippen LogP contribution in [0.15, 0.2) is 180 Å². The molecule has 216 valence electrons. The lowest BCUT2D eigenvalue weighted by Crippen LogP contribution is -2.09. The van der Waals surface area contributed by atoms with E-state index in [1.807, 2.05) is 12.1 Å². The van der Waals surface area contributed by atoms with E-state index in [1.165, 1.54) is 49.2 Å². The highest BCUT2D eigenvalue weighted by molar-refractivity contribution is 6.26. The molecule has 0 bridgehead atoms. The van der Waals surface area contributed by atoms with Crippen LogP contribution in [0.5, 0.6) is 0 Å². The van der Waals surface area contributed by atoms with Crippen LogP contribution in [-0.4, -0.2) is 0 Å². The van der Waals surface area contributed by atoms with Crippen molar-refractivity contribution in [1.29, 1.82) is 0 Å². The lowest BCUT2D eigenvalue weighted by Gasteiger charge is -2.26. The number of benzene rings is 8. The summed E-state index contributed by atoms with van der Waals surface area (Å²) in [7, 11) is 0. The molecule has 0 spiro atoms. The highest BCUT2D eigenvalue weighted by atomic mass is 16.3. The van der Waals surface area contributed by atoms with E-state index in [0.717, 1.165) is 33.6 Å². The van der Waals surface area contributed by atoms with Crippen molar-refractivity contribution in [1.82, 2.24) is 0 Å². The third-order valence-corrected chi connectivity index (χ3v) is 9.04. The molecule has 2 heteroatoms. The predicted molar refractivity (Wildman–Crippen MR) is 194 cm³/mol. The largest absolute Gasteiger partial charge is 0.456 e. The van der Waals surface area contributed by atoms with Gasteiger partial charge in [-0.3, -0.25) is 0 Å². The van der Waals surface area contributed by atoms with E-state index in [1.54, 1.807) is 0 Å². The van der Waals surface area contributed by atoms with Gasteiger partial charge >= 0.3 is 0 Å². The van der Waals surface area contributed by atoms with Gasteiger partial charge in [0, 0.05) is 33.2 Å². The molecule has 0 atom stereocenters. The summed E-state index contributed by atoms with van der Waals surface area (Å²) in [6, 6.07) is 62.7. The van der Waals surface area contributed by atoms with Crippen molar-refractivity contribution in [2.45, 2.75) is 0 Å². The molecule has 0 saturated carbocycles. The van der Waals surface area contributed by atoms with Crippen LogP contribution in [0.2, 0.25) is 0 Å². The Hall–Kier alpha value is -6.12. The number of rotatable bonds is 5. The molecule has 9 aromatic rings. The summed E-state index contributed by atoms with van der Waals surface area (Å²) in [6.45, 7) is 0. The first kappa shape index (κ1) is 26.3. The zero-order chi connectivity index (χ0) is 30.5. The van der Waals surface area contributed by atoms with Gasteiger partial charge in [-0.05, 0) is 93.0 Å². The van der Waals surface area contributed by atoms with Gasteiger partial charge in [-0.2, -0.15) is 0 Å². The average molecular weight is 588 g/mol. The molecule has 0 aliphatic rings. The molecule has 0 radical (unpaired) electrons. The van der Waals surface area contributed by atoms with Crippen LogP contribution in [0.1, 0.15) is 0 Å². The topological polar surface area (TPSA) is 16.4 Å². The molecule has 8 aromatic carbocycles. The van der Waals surface area contributed by atoms with Crippen molar-refractivity contribution in [3.63, 3.8) is 0 Å². The van der Waals surface area contributed by atoms with E-state index >= 15 is 0 Å². The van der Waals surface area contributed by atoms with Crippen molar-refractivity contribution in [2.24, 2.45) is 0 Å². The van der Waals surface area contributed by atoms with Crippen LogP contribution in [0.3, 0.4) is 0 Å². The highest BCUT2D eigenvalue weighted by Crippen LogP contribution is 2.40. The summed E-state index contributed by atoms with van der Waals surface area (Å²) in [5.74, 6) is 0. The maximum atomic E-state index is 6.22. The number of hydrogen-bond donors (Lipinski definition) is 0. The molecular formula is C44H29NO. The molecule has 0 aliphatic carbocycles. The average Bonchev–Trinajstić information content (AvgIpc) is 3.52. The SMILES string of the molecule is c1ccc(-c2ccc(N(c3ccccc3)c3ccc(-c4ccc5c(ccc6ccc7oc8ccccc8c7c65)c4)cc3)cc2)cc1. The highest BCUT2D eigenvalue weighted by Gasteiger charge is 2.15. The fourth-order valence-electron chi connectivity index (χ4n) is 6.81. The summed E-state index contributed by atoms with van der Waals surface area (Å²) >= 11 is 0. The van der Waals surface area contributed by atoms with E-state index in [4.69, 9.17) is 4.42 Å². The number of furan rings is 1. The van der Waals surface area contributed by atoms with Gasteiger partial charge < -0.3 is 9.32 Å². The molecule has 9 rings (SSSR count). The van der Waals surface area contributed by atoms with Gasteiger partial charge in [0.05, 0.1) is 0 Å². The first-order chi connectivity index (χ1) is 22.8. The normalized spacial score (nSPS) is 11.5. The summed E-state index contributed by atoms with van der Waals surface area (Å²) in [5.41, 5.74) is 10.0. The Balaban J connectivity index is 1.10. The fraction of sp³-hybridized carbons (Fsp3) is 0. The van der Waals surface area contributed by atoms with Crippen LogP contribution >= 0.6 is 0 Å². The van der Waals surface area contributed by atoms with Crippen molar-refractivity contribution in [2.75, 3.05) is 4.90 Å². The molecule has 0 fully saturated rings. The molecule has 1 aromatic heterocycles. The predicted octanol–water partition coefficient (Wildman–Crippen LogP) is 12.7. The molecule has 0 aliphatic heterocycles. The third kappa shape index (κ3) is 4.43. The lowest BCUT2D eigenvalue weighted by atomic mass is 9.95. The zero-order valence-corrected chi connectivity index (χ0v) is 25.1. The third-order valence-electron chi connectivity index (χ3n) is 9.04. The summed E-state index contributed by atoms with van der Waals surface area (Å²) in [6.07, 6.45) is 0. The second-order valence-corrected chi connectivity index (χ2v) is 11.8. The van der Waals surface area contributed by atoms with Crippen molar-refractivity contribution in [3.8, 4) is 22.3 Å². The molecule has 1 heterocycles. The van der Waals surface area contributed by atoms with Gasteiger partial charge in [-0.1, -0.05) is 121 Å². The van der Waals surface area contributed by atoms with Crippen LogP contribution < -0.4 is 4.90 Å². The molecule has 0 saturated heterocycles. The van der Waals surface area contributed by atoms with E-state index in [9.17, 15) is 0 Å². The minimum Gasteiger partial charge on any atom is -0.456 e. The van der Waals surface area contributed by atoms with Crippen molar-refractivity contribution in [3.05, 3.63) is 176 Å². The van der Waals surface area contributed by atoms with Gasteiger partial charge in [0.2, 0.25) is 0 Å². The first-order valence-corrected chi connectivity index (χ1v) is 15.7. The fourth-order valence-corrected chi connectivity index (χ4v) is 6.81. The first-order valence-electron chi connectivity index (χ1n) is 15.7. The Labute approximate surface area is 267 Å². The number of nitrogens with zero attached hydrogens (tertiary/aromatic N) is 1. The summed E-state index contributed by atoms with van der Waals surface area (Å²) < 4.78 is 6.22. The molecule has 0 unspecified atom stereocenters. The smallest absolute Gasteiger partial charge is 0.136 e. The molecule has 46 heavy (non-hydrogen) atoms. The van der Waals surface area contributed by atoms with Gasteiger partial charge in [0.25, 0.3) is 0 Å². The molecular weight excluding hydrogens is 558 g/mol. The van der Waals surface area contributed by atoms with Crippen LogP contribution in [0, 0.1) is 0 Å². The van der Waals surface area contributed by atoms with Gasteiger partial charge in [-0.25, -0.2) is 0 Å². The van der Waals surface area contributed by atoms with Gasteiger partial charge in [0.1, 0.15) is 11.2 Å². The van der Waals surface area contributed by atoms with Crippen molar-refractivity contribution >= 4 is 60.5 Å². The zero-order valence-electron chi connectivity index (χ0n) is 25.1. The molecule has 2 nitrogen and oxygen atoms in total. The minimum absolute atomic E-state index is 0.926. The maximum absolute atomic E-state index is 6.22. The Kier molecular flexibility index (Phi) is 6.17.